The van der Waals surface area contributed by atoms with Crippen molar-refractivity contribution in [2.75, 3.05) is 11.9 Å². The maximum absolute atomic E-state index is 11.8. The van der Waals surface area contributed by atoms with Crippen molar-refractivity contribution in [1.29, 1.82) is 5.26 Å². The van der Waals surface area contributed by atoms with Gasteiger partial charge in [0.2, 0.25) is 0 Å². The van der Waals surface area contributed by atoms with E-state index in [4.69, 9.17) is 4.74 Å². The molecule has 0 saturated heterocycles. The van der Waals surface area contributed by atoms with E-state index in [2.05, 4.69) is 16.4 Å². The standard InChI is InChI=1S/C19H19N3O2S/c1-2-9-24-19(23)14-5-7-16(8-6-14)21-11-15(10-20)18-22-17(12-25-18)13-3-4-13/h5-8,11-13,21H,2-4,9H2,1H3. The van der Waals surface area contributed by atoms with E-state index in [1.54, 1.807) is 30.5 Å². The third-order valence-corrected chi connectivity index (χ3v) is 4.70. The number of thiazole rings is 1. The van der Waals surface area contributed by atoms with Crippen molar-refractivity contribution >= 4 is 28.6 Å². The van der Waals surface area contributed by atoms with Crippen LogP contribution in [0.5, 0.6) is 0 Å². The number of hydrogen-bond acceptors (Lipinski definition) is 6. The minimum atomic E-state index is -0.322. The first-order valence-corrected chi connectivity index (χ1v) is 9.19. The van der Waals surface area contributed by atoms with Crippen molar-refractivity contribution in [2.24, 2.45) is 0 Å². The summed E-state index contributed by atoms with van der Waals surface area (Å²) in [4.78, 5) is 16.3. The van der Waals surface area contributed by atoms with E-state index >= 15 is 0 Å². The Kier molecular flexibility index (Phi) is 5.46. The number of carbonyl (C=O) groups excluding carboxylic acids is 1. The van der Waals surface area contributed by atoms with E-state index in [1.807, 2.05) is 12.3 Å². The number of allylic oxidation sites excluding steroid dienone is 1. The van der Waals surface area contributed by atoms with Crippen LogP contribution in [0.3, 0.4) is 0 Å². The zero-order valence-electron chi connectivity index (χ0n) is 14.0. The predicted octanol–water partition coefficient (Wildman–Crippen LogP) is 4.56. The molecule has 2 aromatic rings. The Labute approximate surface area is 151 Å². The molecule has 1 aliphatic carbocycles. The first-order valence-electron chi connectivity index (χ1n) is 8.31. The molecule has 1 aliphatic rings. The Hall–Kier alpha value is -2.65. The summed E-state index contributed by atoms with van der Waals surface area (Å²) < 4.78 is 5.10. The second kappa shape index (κ2) is 7.95. The van der Waals surface area contributed by atoms with Crippen LogP contribution in [0.25, 0.3) is 5.57 Å². The SMILES string of the molecule is CCCOC(=O)c1ccc(NC=C(C#N)c2nc(C3CC3)cs2)cc1. The fourth-order valence-electron chi connectivity index (χ4n) is 2.25. The second-order valence-corrected chi connectivity index (χ2v) is 6.74. The lowest BCUT2D eigenvalue weighted by Gasteiger charge is -2.05. The minimum Gasteiger partial charge on any atom is -0.462 e. The van der Waals surface area contributed by atoms with Crippen molar-refractivity contribution in [3.63, 3.8) is 0 Å². The molecular weight excluding hydrogens is 334 g/mol. The number of nitrogens with one attached hydrogen (secondary N) is 1. The van der Waals surface area contributed by atoms with Gasteiger partial charge in [-0.3, -0.25) is 0 Å². The highest BCUT2D eigenvalue weighted by atomic mass is 32.1. The summed E-state index contributed by atoms with van der Waals surface area (Å²) in [6.45, 7) is 2.37. The molecule has 1 fully saturated rings. The molecule has 6 heteroatoms. The van der Waals surface area contributed by atoms with Gasteiger partial charge in [0.1, 0.15) is 16.6 Å². The molecule has 0 radical (unpaired) electrons. The van der Waals surface area contributed by atoms with Gasteiger partial charge < -0.3 is 10.1 Å². The summed E-state index contributed by atoms with van der Waals surface area (Å²) in [5, 5.41) is 15.2. The molecule has 128 valence electrons. The molecule has 1 aromatic carbocycles. The third-order valence-electron chi connectivity index (χ3n) is 3.81. The van der Waals surface area contributed by atoms with Crippen LogP contribution in [0.1, 0.15) is 53.2 Å². The van der Waals surface area contributed by atoms with Gasteiger partial charge in [0.05, 0.1) is 17.9 Å². The monoisotopic (exact) mass is 353 g/mol. The largest absolute Gasteiger partial charge is 0.462 e. The summed E-state index contributed by atoms with van der Waals surface area (Å²) in [5.74, 6) is 0.259. The van der Waals surface area contributed by atoms with Gasteiger partial charge in [-0.25, -0.2) is 9.78 Å². The summed E-state index contributed by atoms with van der Waals surface area (Å²) in [5.41, 5.74) is 2.90. The number of esters is 1. The van der Waals surface area contributed by atoms with E-state index in [0.717, 1.165) is 22.8 Å². The molecule has 0 spiro atoms. The van der Waals surface area contributed by atoms with Crippen LogP contribution < -0.4 is 5.32 Å². The molecule has 0 atom stereocenters. The van der Waals surface area contributed by atoms with E-state index in [-0.39, 0.29) is 5.97 Å². The quantitative estimate of drug-likeness (QED) is 0.583. The van der Waals surface area contributed by atoms with E-state index in [9.17, 15) is 10.1 Å². The van der Waals surface area contributed by atoms with Gasteiger partial charge in [0.15, 0.2) is 0 Å². The molecule has 3 rings (SSSR count). The second-order valence-electron chi connectivity index (χ2n) is 5.88. The molecule has 0 aliphatic heterocycles. The van der Waals surface area contributed by atoms with Gasteiger partial charge in [-0.1, -0.05) is 6.92 Å². The maximum Gasteiger partial charge on any atom is 0.338 e. The lowest BCUT2D eigenvalue weighted by atomic mass is 10.2. The lowest BCUT2D eigenvalue weighted by molar-refractivity contribution is 0.0505. The van der Waals surface area contributed by atoms with Crippen molar-refractivity contribution in [1.82, 2.24) is 4.98 Å². The first-order chi connectivity index (χ1) is 12.2. The summed E-state index contributed by atoms with van der Waals surface area (Å²) in [6.07, 6.45) is 4.84. The molecule has 0 amide bonds. The predicted molar refractivity (Wildman–Crippen MR) is 98.3 cm³/mol. The van der Waals surface area contributed by atoms with E-state index < -0.39 is 0 Å². The third kappa shape index (κ3) is 4.46. The molecule has 25 heavy (non-hydrogen) atoms. The fraction of sp³-hybridized carbons (Fsp3) is 0.316. The van der Waals surface area contributed by atoms with Crippen molar-refractivity contribution in [2.45, 2.75) is 32.1 Å². The van der Waals surface area contributed by atoms with Gasteiger partial charge in [-0.15, -0.1) is 11.3 Å². The van der Waals surface area contributed by atoms with Crippen LogP contribution in [-0.4, -0.2) is 17.6 Å². The summed E-state index contributed by atoms with van der Waals surface area (Å²) >= 11 is 1.50. The highest BCUT2D eigenvalue weighted by Crippen LogP contribution is 2.40. The van der Waals surface area contributed by atoms with E-state index in [1.165, 1.54) is 24.2 Å². The number of ether oxygens (including phenoxy) is 1. The number of nitrogens with zero attached hydrogens (tertiary/aromatic N) is 2. The molecule has 0 unspecified atom stereocenters. The number of aromatic nitrogens is 1. The van der Waals surface area contributed by atoms with Crippen molar-refractivity contribution < 1.29 is 9.53 Å². The average Bonchev–Trinajstić information content (AvgIpc) is 3.39. The zero-order chi connectivity index (χ0) is 17.6. The van der Waals surface area contributed by atoms with Crippen LogP contribution in [0.15, 0.2) is 35.8 Å². The normalized spacial score (nSPS) is 14.0. The Bertz CT molecular complexity index is 814. The zero-order valence-corrected chi connectivity index (χ0v) is 14.8. The highest BCUT2D eigenvalue weighted by molar-refractivity contribution is 7.10. The van der Waals surface area contributed by atoms with Gasteiger partial charge in [-0.2, -0.15) is 5.26 Å². The molecule has 1 N–H and O–H groups in total. The first kappa shape index (κ1) is 17.2. The van der Waals surface area contributed by atoms with Gasteiger partial charge >= 0.3 is 5.97 Å². The number of benzene rings is 1. The van der Waals surface area contributed by atoms with Crippen molar-refractivity contribution in [3.05, 3.63) is 52.1 Å². The van der Waals surface area contributed by atoms with Crippen LogP contribution in [0, 0.1) is 11.3 Å². The Morgan fingerprint density at radius 2 is 2.20 bits per heavy atom. The van der Waals surface area contributed by atoms with Crippen molar-refractivity contribution in [3.8, 4) is 6.07 Å². The molecule has 1 aromatic heterocycles. The topological polar surface area (TPSA) is 75.0 Å². The number of nitriles is 1. The molecule has 5 nitrogen and oxygen atoms in total. The number of anilines is 1. The van der Waals surface area contributed by atoms with Crippen LogP contribution in [-0.2, 0) is 4.74 Å². The van der Waals surface area contributed by atoms with Crippen LogP contribution >= 0.6 is 11.3 Å². The summed E-state index contributed by atoms with van der Waals surface area (Å²) in [6, 6.07) is 9.16. The number of rotatable bonds is 7. The fourth-order valence-corrected chi connectivity index (χ4v) is 3.12. The lowest BCUT2D eigenvalue weighted by Crippen LogP contribution is -2.05. The van der Waals surface area contributed by atoms with Crippen LogP contribution in [0.2, 0.25) is 0 Å². The van der Waals surface area contributed by atoms with Gasteiger partial charge in [0, 0.05) is 23.2 Å². The van der Waals surface area contributed by atoms with Gasteiger partial charge in [0.25, 0.3) is 0 Å². The van der Waals surface area contributed by atoms with E-state index in [0.29, 0.717) is 23.7 Å². The highest BCUT2D eigenvalue weighted by Gasteiger charge is 2.26. The minimum absolute atomic E-state index is 0.322. The maximum atomic E-state index is 11.8. The number of carbonyl (C=O) groups is 1. The molecule has 1 heterocycles. The molecule has 1 saturated carbocycles. The molecular formula is C19H19N3O2S. The van der Waals surface area contributed by atoms with Crippen LogP contribution in [0.4, 0.5) is 5.69 Å². The van der Waals surface area contributed by atoms with Gasteiger partial charge in [-0.05, 0) is 43.5 Å². The number of hydrogen-bond donors (Lipinski definition) is 1. The Morgan fingerprint density at radius 3 is 2.84 bits per heavy atom. The Morgan fingerprint density at radius 1 is 1.44 bits per heavy atom. The Balaban J connectivity index is 1.65. The molecule has 0 bridgehead atoms. The summed E-state index contributed by atoms with van der Waals surface area (Å²) in [7, 11) is 0. The average molecular weight is 353 g/mol. The smallest absolute Gasteiger partial charge is 0.338 e.